The van der Waals surface area contributed by atoms with Crippen molar-refractivity contribution in [2.75, 3.05) is 6.26 Å². The van der Waals surface area contributed by atoms with Crippen LogP contribution >= 0.6 is 0 Å². The fourth-order valence-corrected chi connectivity index (χ4v) is 2.20. The first-order valence-corrected chi connectivity index (χ1v) is 6.85. The predicted octanol–water partition coefficient (Wildman–Crippen LogP) is 0.903. The first-order valence-electron chi connectivity index (χ1n) is 4.96. The zero-order valence-electron chi connectivity index (χ0n) is 9.27. The summed E-state index contributed by atoms with van der Waals surface area (Å²) in [6.07, 6.45) is 5.45. The molecular formula is C9H17N3O2S. The Morgan fingerprint density at radius 1 is 1.53 bits per heavy atom. The van der Waals surface area contributed by atoms with E-state index in [0.29, 0.717) is 6.42 Å². The normalized spacial score (nSPS) is 14.1. The van der Waals surface area contributed by atoms with E-state index in [4.69, 9.17) is 0 Å². The van der Waals surface area contributed by atoms with Crippen molar-refractivity contribution >= 4 is 10.0 Å². The van der Waals surface area contributed by atoms with E-state index in [-0.39, 0.29) is 6.04 Å². The number of aryl methyl sites for hydroxylation is 1. The van der Waals surface area contributed by atoms with Gasteiger partial charge in [-0.3, -0.25) is 4.68 Å². The summed E-state index contributed by atoms with van der Waals surface area (Å²) in [4.78, 5) is 0. The second-order valence-corrected chi connectivity index (χ2v) is 5.26. The minimum atomic E-state index is -3.17. The Kier molecular flexibility index (Phi) is 3.87. The lowest BCUT2D eigenvalue weighted by atomic mass is 10.1. The first-order chi connectivity index (χ1) is 6.96. The van der Waals surface area contributed by atoms with E-state index in [2.05, 4.69) is 9.82 Å². The van der Waals surface area contributed by atoms with Gasteiger partial charge in [-0.05, 0) is 13.3 Å². The van der Waals surface area contributed by atoms with Gasteiger partial charge in [0.05, 0.1) is 12.5 Å². The Balaban J connectivity index is 2.83. The van der Waals surface area contributed by atoms with Gasteiger partial charge in [0.1, 0.15) is 0 Å². The maximum absolute atomic E-state index is 11.1. The number of rotatable bonds is 5. The highest BCUT2D eigenvalue weighted by Gasteiger charge is 2.15. The van der Waals surface area contributed by atoms with Crippen molar-refractivity contribution in [2.24, 2.45) is 0 Å². The van der Waals surface area contributed by atoms with Crippen LogP contribution in [0.4, 0.5) is 0 Å². The van der Waals surface area contributed by atoms with Crippen LogP contribution < -0.4 is 4.72 Å². The average molecular weight is 231 g/mol. The summed E-state index contributed by atoms with van der Waals surface area (Å²) in [6.45, 7) is 4.71. The number of hydrogen-bond donors (Lipinski definition) is 1. The summed E-state index contributed by atoms with van der Waals surface area (Å²) in [5.74, 6) is 0. The van der Waals surface area contributed by atoms with Gasteiger partial charge in [-0.25, -0.2) is 13.1 Å². The Labute approximate surface area is 90.5 Å². The van der Waals surface area contributed by atoms with Gasteiger partial charge in [0.2, 0.25) is 10.0 Å². The van der Waals surface area contributed by atoms with Crippen molar-refractivity contribution in [1.29, 1.82) is 0 Å². The standard InChI is InChI=1S/C9H17N3O2S/c1-4-9(11-15(3,13)14)8-6-10-12(5-2)7-8/h6-7,9,11H,4-5H2,1-3H3. The molecule has 0 fully saturated rings. The minimum absolute atomic E-state index is 0.180. The molecule has 0 bridgehead atoms. The van der Waals surface area contributed by atoms with E-state index in [1.165, 1.54) is 6.26 Å². The fourth-order valence-electron chi connectivity index (χ4n) is 1.38. The summed E-state index contributed by atoms with van der Waals surface area (Å²) in [6, 6.07) is -0.180. The molecule has 1 aromatic heterocycles. The van der Waals surface area contributed by atoms with Gasteiger partial charge in [0.15, 0.2) is 0 Å². The van der Waals surface area contributed by atoms with E-state index in [0.717, 1.165) is 12.1 Å². The van der Waals surface area contributed by atoms with Crippen LogP contribution in [0.1, 0.15) is 31.9 Å². The van der Waals surface area contributed by atoms with Crippen molar-refractivity contribution in [3.63, 3.8) is 0 Å². The SMILES string of the molecule is CCC(NS(C)(=O)=O)c1cnn(CC)c1. The fraction of sp³-hybridized carbons (Fsp3) is 0.667. The van der Waals surface area contributed by atoms with Gasteiger partial charge in [-0.15, -0.1) is 0 Å². The van der Waals surface area contributed by atoms with Gasteiger partial charge in [-0.2, -0.15) is 5.10 Å². The highest BCUT2D eigenvalue weighted by atomic mass is 32.2. The third kappa shape index (κ3) is 3.64. The van der Waals surface area contributed by atoms with Crippen LogP contribution in [0.15, 0.2) is 12.4 Å². The molecule has 0 saturated carbocycles. The molecule has 0 saturated heterocycles. The van der Waals surface area contributed by atoms with Crippen LogP contribution in [-0.2, 0) is 16.6 Å². The van der Waals surface area contributed by atoms with Gasteiger partial charge in [0, 0.05) is 24.3 Å². The van der Waals surface area contributed by atoms with Gasteiger partial charge in [0.25, 0.3) is 0 Å². The Bertz CT molecular complexity index is 411. The van der Waals surface area contributed by atoms with Crippen molar-refractivity contribution in [2.45, 2.75) is 32.9 Å². The smallest absolute Gasteiger partial charge is 0.209 e. The summed E-state index contributed by atoms with van der Waals surface area (Å²) >= 11 is 0. The maximum Gasteiger partial charge on any atom is 0.209 e. The van der Waals surface area contributed by atoms with E-state index >= 15 is 0 Å². The average Bonchev–Trinajstić information content (AvgIpc) is 2.60. The lowest BCUT2D eigenvalue weighted by Gasteiger charge is -2.13. The van der Waals surface area contributed by atoms with Gasteiger partial charge < -0.3 is 0 Å². The van der Waals surface area contributed by atoms with Crippen molar-refractivity contribution < 1.29 is 8.42 Å². The maximum atomic E-state index is 11.1. The molecule has 1 aromatic rings. The number of sulfonamides is 1. The van der Waals surface area contributed by atoms with Crippen LogP contribution in [0.25, 0.3) is 0 Å². The molecule has 6 heteroatoms. The number of nitrogens with zero attached hydrogens (tertiary/aromatic N) is 2. The number of hydrogen-bond acceptors (Lipinski definition) is 3. The van der Waals surface area contributed by atoms with Crippen molar-refractivity contribution in [3.8, 4) is 0 Å². The van der Waals surface area contributed by atoms with Gasteiger partial charge >= 0.3 is 0 Å². The van der Waals surface area contributed by atoms with Crippen LogP contribution in [0.3, 0.4) is 0 Å². The molecule has 1 N–H and O–H groups in total. The van der Waals surface area contributed by atoms with Crippen molar-refractivity contribution in [1.82, 2.24) is 14.5 Å². The quantitative estimate of drug-likeness (QED) is 0.819. The third-order valence-corrected chi connectivity index (χ3v) is 2.86. The van der Waals surface area contributed by atoms with Crippen LogP contribution in [0.2, 0.25) is 0 Å². The molecule has 0 aliphatic rings. The second kappa shape index (κ2) is 4.76. The van der Waals surface area contributed by atoms with Gasteiger partial charge in [-0.1, -0.05) is 6.92 Å². The van der Waals surface area contributed by atoms with E-state index in [1.807, 2.05) is 20.0 Å². The molecule has 1 unspecified atom stereocenters. The molecule has 0 aliphatic carbocycles. The molecule has 86 valence electrons. The molecule has 1 atom stereocenters. The zero-order chi connectivity index (χ0) is 11.5. The first kappa shape index (κ1) is 12.2. The monoisotopic (exact) mass is 231 g/mol. The lowest BCUT2D eigenvalue weighted by molar-refractivity contribution is 0.555. The zero-order valence-corrected chi connectivity index (χ0v) is 10.1. The lowest BCUT2D eigenvalue weighted by Crippen LogP contribution is -2.26. The topological polar surface area (TPSA) is 64.0 Å². The summed E-state index contributed by atoms with van der Waals surface area (Å²) < 4.78 is 26.6. The summed E-state index contributed by atoms with van der Waals surface area (Å²) in [7, 11) is -3.17. The van der Waals surface area contributed by atoms with E-state index in [1.54, 1.807) is 10.9 Å². The van der Waals surface area contributed by atoms with Crippen LogP contribution in [0.5, 0.6) is 0 Å². The molecule has 0 aliphatic heterocycles. The van der Waals surface area contributed by atoms with Crippen LogP contribution in [0, 0.1) is 0 Å². The molecule has 0 radical (unpaired) electrons. The summed E-state index contributed by atoms with van der Waals surface area (Å²) in [5.41, 5.74) is 0.907. The molecule has 0 amide bonds. The van der Waals surface area contributed by atoms with E-state index < -0.39 is 10.0 Å². The summed E-state index contributed by atoms with van der Waals surface area (Å²) in [5, 5.41) is 4.12. The molecule has 1 heterocycles. The third-order valence-electron chi connectivity index (χ3n) is 2.14. The van der Waals surface area contributed by atoms with Crippen LogP contribution in [-0.4, -0.2) is 24.5 Å². The predicted molar refractivity (Wildman–Crippen MR) is 58.9 cm³/mol. The highest BCUT2D eigenvalue weighted by Crippen LogP contribution is 2.16. The molecule has 5 nitrogen and oxygen atoms in total. The largest absolute Gasteiger partial charge is 0.273 e. The molecule has 0 aromatic carbocycles. The Hall–Kier alpha value is -0.880. The molecule has 1 rings (SSSR count). The van der Waals surface area contributed by atoms with Crippen molar-refractivity contribution in [3.05, 3.63) is 18.0 Å². The number of nitrogens with one attached hydrogen (secondary N) is 1. The van der Waals surface area contributed by atoms with E-state index in [9.17, 15) is 8.42 Å². The Morgan fingerprint density at radius 3 is 2.60 bits per heavy atom. The minimum Gasteiger partial charge on any atom is -0.273 e. The Morgan fingerprint density at radius 2 is 2.20 bits per heavy atom. The molecular weight excluding hydrogens is 214 g/mol. The highest BCUT2D eigenvalue weighted by molar-refractivity contribution is 7.88. The number of aromatic nitrogens is 2. The second-order valence-electron chi connectivity index (χ2n) is 3.48. The molecule has 15 heavy (non-hydrogen) atoms. The molecule has 0 spiro atoms.